The Morgan fingerprint density at radius 1 is 1.26 bits per heavy atom. The van der Waals surface area contributed by atoms with Crippen molar-refractivity contribution in [2.45, 2.75) is 26.9 Å². The van der Waals surface area contributed by atoms with Gasteiger partial charge in [-0.05, 0) is 55.4 Å². The highest BCUT2D eigenvalue weighted by Gasteiger charge is 2.29. The average Bonchev–Trinajstić information content (AvgIpc) is 3.01. The van der Waals surface area contributed by atoms with Crippen molar-refractivity contribution in [3.8, 4) is 17.6 Å². The predicted molar refractivity (Wildman–Crippen MR) is 124 cm³/mol. The molecule has 2 aromatic rings. The van der Waals surface area contributed by atoms with E-state index < -0.39 is 0 Å². The molecule has 2 aromatic carbocycles. The lowest BCUT2D eigenvalue weighted by Gasteiger charge is -2.15. The highest BCUT2D eigenvalue weighted by Crippen LogP contribution is 2.38. The fraction of sp³-hybridized carbons (Fsp3) is 0.261. The highest BCUT2D eigenvalue weighted by molar-refractivity contribution is 7.80. The summed E-state index contributed by atoms with van der Waals surface area (Å²) >= 11 is 11.7. The Bertz CT molecular complexity index is 1080. The molecule has 0 saturated carbocycles. The van der Waals surface area contributed by atoms with Crippen LogP contribution in [0.15, 0.2) is 42.1 Å². The molecule has 1 amide bonds. The van der Waals surface area contributed by atoms with Gasteiger partial charge in [0.2, 0.25) is 0 Å². The van der Waals surface area contributed by atoms with Gasteiger partial charge in [-0.25, -0.2) is 0 Å². The molecule has 1 heterocycles. The van der Waals surface area contributed by atoms with Crippen molar-refractivity contribution in [3.63, 3.8) is 0 Å². The van der Waals surface area contributed by atoms with E-state index in [0.29, 0.717) is 51.6 Å². The van der Waals surface area contributed by atoms with Crippen molar-refractivity contribution in [3.05, 3.63) is 63.8 Å². The van der Waals surface area contributed by atoms with Crippen LogP contribution in [0.5, 0.6) is 11.5 Å². The van der Waals surface area contributed by atoms with Crippen LogP contribution in [0.2, 0.25) is 5.02 Å². The third-order valence-electron chi connectivity index (χ3n) is 4.56. The third-order valence-corrected chi connectivity index (χ3v) is 5.17. The quantitative estimate of drug-likeness (QED) is 0.461. The van der Waals surface area contributed by atoms with E-state index in [0.717, 1.165) is 12.0 Å². The minimum absolute atomic E-state index is 0.171. The minimum atomic E-state index is -0.172. The number of halogens is 1. The van der Waals surface area contributed by atoms with Gasteiger partial charge in [0.25, 0.3) is 5.91 Å². The molecule has 0 aromatic heterocycles. The van der Waals surface area contributed by atoms with Crippen molar-refractivity contribution >= 4 is 40.9 Å². The first-order valence-corrected chi connectivity index (χ1v) is 10.7. The van der Waals surface area contributed by atoms with Crippen molar-refractivity contribution < 1.29 is 14.3 Å². The first kappa shape index (κ1) is 22.6. The summed E-state index contributed by atoms with van der Waals surface area (Å²) in [6, 6.07) is 12.8. The number of nitrogens with zero attached hydrogens (tertiary/aromatic N) is 2. The molecule has 1 fully saturated rings. The fourth-order valence-corrected chi connectivity index (χ4v) is 3.70. The van der Waals surface area contributed by atoms with Crippen LogP contribution in [0.4, 0.5) is 0 Å². The van der Waals surface area contributed by atoms with Gasteiger partial charge in [-0.1, -0.05) is 36.7 Å². The average molecular weight is 456 g/mol. The van der Waals surface area contributed by atoms with Crippen LogP contribution >= 0.6 is 23.8 Å². The van der Waals surface area contributed by atoms with Crippen molar-refractivity contribution in [1.82, 2.24) is 10.2 Å². The number of carbonyl (C=O) groups is 1. The van der Waals surface area contributed by atoms with Crippen LogP contribution in [0, 0.1) is 11.3 Å². The third kappa shape index (κ3) is 5.16. The predicted octanol–water partition coefficient (Wildman–Crippen LogP) is 4.66. The number of nitriles is 1. The van der Waals surface area contributed by atoms with Gasteiger partial charge in [0.15, 0.2) is 16.6 Å². The summed E-state index contributed by atoms with van der Waals surface area (Å²) in [5.74, 6) is 0.663. The molecule has 6 nitrogen and oxygen atoms in total. The molecule has 8 heteroatoms. The lowest BCUT2D eigenvalue weighted by atomic mass is 10.1. The van der Waals surface area contributed by atoms with Crippen LogP contribution in [0.3, 0.4) is 0 Å². The summed E-state index contributed by atoms with van der Waals surface area (Å²) in [4.78, 5) is 14.1. The number of ether oxygens (including phenoxy) is 2. The van der Waals surface area contributed by atoms with Crippen molar-refractivity contribution in [1.29, 1.82) is 5.26 Å². The summed E-state index contributed by atoms with van der Waals surface area (Å²) < 4.78 is 11.7. The number of amides is 1. The second-order valence-electron chi connectivity index (χ2n) is 6.77. The van der Waals surface area contributed by atoms with Crippen molar-refractivity contribution in [2.24, 2.45) is 0 Å². The number of thiocarbonyl (C=S) groups is 1. The molecule has 0 bridgehead atoms. The molecule has 0 aliphatic carbocycles. The van der Waals surface area contributed by atoms with Gasteiger partial charge in [0.05, 0.1) is 23.3 Å². The standard InChI is InChI=1S/C23H22ClN3O3S/c1-3-9-27-22(28)19(26-23(27)31)11-15-10-18(24)21(20(12-15)29-4-2)30-14-17-8-6-5-7-16(17)13-25/h5-8,10-12H,3-4,9,14H2,1-2H3,(H,26,31)/b19-11-. The maximum atomic E-state index is 12.6. The van der Waals surface area contributed by atoms with E-state index in [-0.39, 0.29) is 12.5 Å². The second kappa shape index (κ2) is 10.3. The Kier molecular flexibility index (Phi) is 7.50. The van der Waals surface area contributed by atoms with E-state index in [4.69, 9.17) is 33.3 Å². The van der Waals surface area contributed by atoms with Crippen LogP contribution in [-0.4, -0.2) is 29.1 Å². The normalized spacial score (nSPS) is 14.5. The number of benzene rings is 2. The molecule has 1 saturated heterocycles. The maximum Gasteiger partial charge on any atom is 0.276 e. The van der Waals surface area contributed by atoms with E-state index in [9.17, 15) is 10.1 Å². The number of carbonyl (C=O) groups excluding carboxylic acids is 1. The molecule has 3 rings (SSSR count). The van der Waals surface area contributed by atoms with Gasteiger partial charge >= 0.3 is 0 Å². The van der Waals surface area contributed by atoms with Crippen LogP contribution < -0.4 is 14.8 Å². The number of rotatable bonds is 8. The molecule has 1 aliphatic heterocycles. The summed E-state index contributed by atoms with van der Waals surface area (Å²) in [5.41, 5.74) is 2.35. The largest absolute Gasteiger partial charge is 0.490 e. The van der Waals surface area contributed by atoms with E-state index >= 15 is 0 Å². The summed E-state index contributed by atoms with van der Waals surface area (Å²) in [6.07, 6.45) is 2.50. The van der Waals surface area contributed by atoms with Crippen molar-refractivity contribution in [2.75, 3.05) is 13.2 Å². The Morgan fingerprint density at radius 2 is 2.03 bits per heavy atom. The summed E-state index contributed by atoms with van der Waals surface area (Å²) in [6.45, 7) is 4.98. The smallest absolute Gasteiger partial charge is 0.276 e. The zero-order valence-corrected chi connectivity index (χ0v) is 18.8. The van der Waals surface area contributed by atoms with Gasteiger partial charge in [-0.15, -0.1) is 0 Å². The molecular formula is C23H22ClN3O3S. The first-order chi connectivity index (χ1) is 15.0. The first-order valence-electron chi connectivity index (χ1n) is 9.90. The lowest BCUT2D eigenvalue weighted by molar-refractivity contribution is -0.122. The summed E-state index contributed by atoms with van der Waals surface area (Å²) in [7, 11) is 0. The Balaban J connectivity index is 1.88. The topological polar surface area (TPSA) is 74.6 Å². The Morgan fingerprint density at radius 3 is 2.74 bits per heavy atom. The monoisotopic (exact) mass is 455 g/mol. The molecule has 0 atom stereocenters. The van der Waals surface area contributed by atoms with E-state index in [1.165, 1.54) is 4.90 Å². The molecular weight excluding hydrogens is 434 g/mol. The zero-order chi connectivity index (χ0) is 22.4. The minimum Gasteiger partial charge on any atom is -0.490 e. The molecule has 31 heavy (non-hydrogen) atoms. The van der Waals surface area contributed by atoms with Crippen LogP contribution in [0.1, 0.15) is 37.0 Å². The van der Waals surface area contributed by atoms with E-state index in [1.807, 2.05) is 26.0 Å². The lowest BCUT2D eigenvalue weighted by Crippen LogP contribution is -2.31. The number of nitrogens with one attached hydrogen (secondary N) is 1. The zero-order valence-electron chi connectivity index (χ0n) is 17.3. The molecule has 1 N–H and O–H groups in total. The van der Waals surface area contributed by atoms with Crippen LogP contribution in [0.25, 0.3) is 6.08 Å². The molecule has 1 aliphatic rings. The molecule has 0 spiro atoms. The second-order valence-corrected chi connectivity index (χ2v) is 7.56. The fourth-order valence-electron chi connectivity index (χ4n) is 3.14. The molecule has 160 valence electrons. The molecule has 0 unspecified atom stereocenters. The van der Waals surface area contributed by atoms with Gasteiger partial charge in [0, 0.05) is 12.1 Å². The Hall–Kier alpha value is -3.08. The summed E-state index contributed by atoms with van der Waals surface area (Å²) in [5, 5.41) is 13.0. The number of hydrogen-bond donors (Lipinski definition) is 1. The highest BCUT2D eigenvalue weighted by atomic mass is 35.5. The number of hydrogen-bond acceptors (Lipinski definition) is 5. The van der Waals surface area contributed by atoms with Gasteiger partial charge in [0.1, 0.15) is 12.3 Å². The van der Waals surface area contributed by atoms with Gasteiger partial charge in [-0.2, -0.15) is 5.26 Å². The van der Waals surface area contributed by atoms with E-state index in [2.05, 4.69) is 11.4 Å². The van der Waals surface area contributed by atoms with E-state index in [1.54, 1.807) is 30.3 Å². The molecule has 0 radical (unpaired) electrons. The maximum absolute atomic E-state index is 12.6. The SMILES string of the molecule is CCCN1C(=O)/C(=C/c2cc(Cl)c(OCc3ccccc3C#N)c(OCC)c2)NC1=S. The Labute approximate surface area is 192 Å². The van der Waals surface area contributed by atoms with Gasteiger partial charge < -0.3 is 14.8 Å². The van der Waals surface area contributed by atoms with Crippen LogP contribution in [-0.2, 0) is 11.4 Å². The van der Waals surface area contributed by atoms with Gasteiger partial charge in [-0.3, -0.25) is 9.69 Å².